The summed E-state index contributed by atoms with van der Waals surface area (Å²) in [5.41, 5.74) is 5.82. The molecule has 0 saturated heterocycles. The van der Waals surface area contributed by atoms with Gasteiger partial charge < -0.3 is 5.73 Å². The van der Waals surface area contributed by atoms with Gasteiger partial charge in [0.25, 0.3) is 0 Å². The number of alkyl halides is 2. The highest BCUT2D eigenvalue weighted by atomic mass is 19.3. The average Bonchev–Trinajstić information content (AvgIpc) is 2.40. The number of nitriles is 1. The Balaban J connectivity index is 2.35. The van der Waals surface area contributed by atoms with Crippen molar-refractivity contribution in [1.82, 2.24) is 0 Å². The van der Waals surface area contributed by atoms with Gasteiger partial charge in [0.1, 0.15) is 11.9 Å². The number of rotatable bonds is 2. The lowest BCUT2D eigenvalue weighted by molar-refractivity contribution is -0.0509. The lowest BCUT2D eigenvalue weighted by Gasteiger charge is -2.39. The summed E-state index contributed by atoms with van der Waals surface area (Å²) in [5.74, 6) is -3.24. The Kier molecular flexibility index (Phi) is 3.55. The summed E-state index contributed by atoms with van der Waals surface area (Å²) in [7, 11) is 0. The molecule has 102 valence electrons. The maximum Gasteiger partial charge on any atom is 0.248 e. The van der Waals surface area contributed by atoms with E-state index in [2.05, 4.69) is 0 Å². The van der Waals surface area contributed by atoms with Crippen molar-refractivity contribution in [2.45, 2.75) is 37.0 Å². The molecule has 2 rings (SSSR count). The van der Waals surface area contributed by atoms with E-state index < -0.39 is 17.2 Å². The SMILES string of the molecule is N#Cc1cc(C2(CN)CCC(F)(F)CC2)ccc1F. The molecule has 19 heavy (non-hydrogen) atoms. The molecule has 0 aromatic heterocycles. The molecule has 0 atom stereocenters. The van der Waals surface area contributed by atoms with Gasteiger partial charge in [0.15, 0.2) is 0 Å². The third kappa shape index (κ3) is 2.59. The Morgan fingerprint density at radius 2 is 1.84 bits per heavy atom. The standard InChI is InChI=1S/C14H15F3N2/c15-12-2-1-11(7-10(12)8-18)13(9-19)3-5-14(16,17)6-4-13/h1-2,7H,3-6,9,19H2. The quantitative estimate of drug-likeness (QED) is 0.896. The lowest BCUT2D eigenvalue weighted by atomic mass is 9.68. The Hall–Kier alpha value is -1.54. The highest BCUT2D eigenvalue weighted by molar-refractivity contribution is 5.38. The van der Waals surface area contributed by atoms with Crippen molar-refractivity contribution in [2.75, 3.05) is 6.54 Å². The summed E-state index contributed by atoms with van der Waals surface area (Å²) in [4.78, 5) is 0. The molecular weight excluding hydrogens is 253 g/mol. The summed E-state index contributed by atoms with van der Waals surface area (Å²) >= 11 is 0. The van der Waals surface area contributed by atoms with Crippen LogP contribution in [-0.4, -0.2) is 12.5 Å². The molecule has 0 spiro atoms. The van der Waals surface area contributed by atoms with Gasteiger partial charge in [0.2, 0.25) is 5.92 Å². The van der Waals surface area contributed by atoms with Gasteiger partial charge in [-0.3, -0.25) is 0 Å². The van der Waals surface area contributed by atoms with Crippen LogP contribution in [0.1, 0.15) is 36.8 Å². The van der Waals surface area contributed by atoms with Crippen molar-refractivity contribution >= 4 is 0 Å². The van der Waals surface area contributed by atoms with E-state index in [-0.39, 0.29) is 37.8 Å². The monoisotopic (exact) mass is 268 g/mol. The van der Waals surface area contributed by atoms with E-state index in [0.717, 1.165) is 0 Å². The van der Waals surface area contributed by atoms with Crippen LogP contribution < -0.4 is 5.73 Å². The first-order valence-electron chi connectivity index (χ1n) is 6.20. The molecule has 0 amide bonds. The van der Waals surface area contributed by atoms with Crippen molar-refractivity contribution < 1.29 is 13.2 Å². The van der Waals surface area contributed by atoms with Crippen LogP contribution in [0.4, 0.5) is 13.2 Å². The molecule has 1 aliphatic carbocycles. The Morgan fingerprint density at radius 3 is 2.37 bits per heavy atom. The molecule has 1 fully saturated rings. The van der Waals surface area contributed by atoms with Crippen LogP contribution in [0, 0.1) is 17.1 Å². The summed E-state index contributed by atoms with van der Waals surface area (Å²) in [6.07, 6.45) is 0.0763. The van der Waals surface area contributed by atoms with Crippen molar-refractivity contribution in [3.8, 4) is 6.07 Å². The summed E-state index contributed by atoms with van der Waals surface area (Å²) in [6.45, 7) is 0.222. The molecule has 1 saturated carbocycles. The summed E-state index contributed by atoms with van der Waals surface area (Å²) in [5, 5.41) is 8.84. The molecule has 1 aliphatic rings. The van der Waals surface area contributed by atoms with Crippen LogP contribution in [-0.2, 0) is 5.41 Å². The second-order valence-corrected chi connectivity index (χ2v) is 5.15. The third-order valence-electron chi connectivity index (χ3n) is 4.03. The first-order valence-corrected chi connectivity index (χ1v) is 6.20. The van der Waals surface area contributed by atoms with Gasteiger partial charge in [-0.1, -0.05) is 6.07 Å². The molecule has 1 aromatic carbocycles. The number of nitrogens with zero attached hydrogens (tertiary/aromatic N) is 1. The lowest BCUT2D eigenvalue weighted by Crippen LogP contribution is -2.42. The number of hydrogen-bond acceptors (Lipinski definition) is 2. The number of benzene rings is 1. The van der Waals surface area contributed by atoms with E-state index in [1.165, 1.54) is 12.1 Å². The largest absolute Gasteiger partial charge is 0.330 e. The topological polar surface area (TPSA) is 49.8 Å². The van der Waals surface area contributed by atoms with Gasteiger partial charge in [0.05, 0.1) is 5.56 Å². The number of nitrogens with two attached hydrogens (primary N) is 1. The van der Waals surface area contributed by atoms with Gasteiger partial charge in [-0.05, 0) is 30.5 Å². The fraction of sp³-hybridized carbons (Fsp3) is 0.500. The Morgan fingerprint density at radius 1 is 1.21 bits per heavy atom. The van der Waals surface area contributed by atoms with Crippen molar-refractivity contribution in [1.29, 1.82) is 5.26 Å². The maximum absolute atomic E-state index is 13.3. The highest BCUT2D eigenvalue weighted by Crippen LogP contribution is 2.45. The fourth-order valence-electron chi connectivity index (χ4n) is 2.65. The Labute approximate surface area is 110 Å². The van der Waals surface area contributed by atoms with Crippen LogP contribution in [0.5, 0.6) is 0 Å². The molecule has 0 heterocycles. The van der Waals surface area contributed by atoms with E-state index in [1.54, 1.807) is 12.1 Å². The predicted octanol–water partition coefficient (Wildman–Crippen LogP) is 3.10. The number of halogens is 3. The van der Waals surface area contributed by atoms with Gasteiger partial charge in [0, 0.05) is 24.8 Å². The van der Waals surface area contributed by atoms with Gasteiger partial charge >= 0.3 is 0 Å². The van der Waals surface area contributed by atoms with E-state index >= 15 is 0 Å². The van der Waals surface area contributed by atoms with Crippen LogP contribution in [0.25, 0.3) is 0 Å². The second-order valence-electron chi connectivity index (χ2n) is 5.15. The minimum atomic E-state index is -2.64. The zero-order chi connectivity index (χ0) is 14.1. The molecule has 0 aliphatic heterocycles. The van der Waals surface area contributed by atoms with Crippen molar-refractivity contribution in [3.05, 3.63) is 35.1 Å². The highest BCUT2D eigenvalue weighted by Gasteiger charge is 2.43. The van der Waals surface area contributed by atoms with E-state index in [0.29, 0.717) is 5.56 Å². The minimum absolute atomic E-state index is 0.0670. The minimum Gasteiger partial charge on any atom is -0.330 e. The number of hydrogen-bond donors (Lipinski definition) is 1. The molecule has 0 bridgehead atoms. The van der Waals surface area contributed by atoms with Gasteiger partial charge in [-0.25, -0.2) is 13.2 Å². The molecule has 2 N–H and O–H groups in total. The molecule has 0 radical (unpaired) electrons. The molecular formula is C14H15F3N2. The third-order valence-corrected chi connectivity index (χ3v) is 4.03. The maximum atomic E-state index is 13.3. The zero-order valence-corrected chi connectivity index (χ0v) is 10.4. The van der Waals surface area contributed by atoms with E-state index in [1.807, 2.05) is 0 Å². The smallest absolute Gasteiger partial charge is 0.248 e. The molecule has 2 nitrogen and oxygen atoms in total. The second kappa shape index (κ2) is 4.86. The fourth-order valence-corrected chi connectivity index (χ4v) is 2.65. The zero-order valence-electron chi connectivity index (χ0n) is 10.4. The summed E-state index contributed by atoms with van der Waals surface area (Å²) < 4.78 is 39.8. The van der Waals surface area contributed by atoms with Crippen LogP contribution in [0.3, 0.4) is 0 Å². The van der Waals surface area contributed by atoms with Crippen molar-refractivity contribution in [2.24, 2.45) is 5.73 Å². The first kappa shape index (κ1) is 13.9. The predicted molar refractivity (Wildman–Crippen MR) is 65.3 cm³/mol. The van der Waals surface area contributed by atoms with Crippen LogP contribution >= 0.6 is 0 Å². The average molecular weight is 268 g/mol. The van der Waals surface area contributed by atoms with Gasteiger partial charge in [-0.2, -0.15) is 5.26 Å². The molecule has 0 unspecified atom stereocenters. The van der Waals surface area contributed by atoms with Gasteiger partial charge in [-0.15, -0.1) is 0 Å². The molecule has 1 aromatic rings. The van der Waals surface area contributed by atoms with Crippen LogP contribution in [0.2, 0.25) is 0 Å². The summed E-state index contributed by atoms with van der Waals surface area (Å²) in [6, 6.07) is 5.96. The van der Waals surface area contributed by atoms with Crippen LogP contribution in [0.15, 0.2) is 18.2 Å². The first-order chi connectivity index (χ1) is 8.92. The normalized spacial score (nSPS) is 20.8. The van der Waals surface area contributed by atoms with E-state index in [4.69, 9.17) is 11.0 Å². The van der Waals surface area contributed by atoms with Crippen molar-refractivity contribution in [3.63, 3.8) is 0 Å². The molecule has 5 heteroatoms. The van der Waals surface area contributed by atoms with E-state index in [9.17, 15) is 13.2 Å². The Bertz CT molecular complexity index is 510.